The summed E-state index contributed by atoms with van der Waals surface area (Å²) in [4.78, 5) is 11.6. The molecule has 0 saturated carbocycles. The van der Waals surface area contributed by atoms with E-state index in [1.807, 2.05) is 36.4 Å². The third kappa shape index (κ3) is 6.83. The van der Waals surface area contributed by atoms with Crippen molar-refractivity contribution < 1.29 is 18.5 Å². The maximum Gasteiger partial charge on any atom is 0.372 e. The maximum atomic E-state index is 11.6. The molecule has 3 rings (SSSR count). The molecule has 0 aliphatic rings. The molecule has 0 heterocycles. The average molecular weight is 327 g/mol. The summed E-state index contributed by atoms with van der Waals surface area (Å²) in [6.07, 6.45) is 0. The van der Waals surface area contributed by atoms with Gasteiger partial charge in [-0.15, -0.1) is 0 Å². The third-order valence-electron chi connectivity index (χ3n) is 2.59. The second-order valence-electron chi connectivity index (χ2n) is 4.41. The van der Waals surface area contributed by atoms with E-state index < -0.39 is 7.82 Å². The number of benzene rings is 3. The summed E-state index contributed by atoms with van der Waals surface area (Å²) >= 11 is 0. The molecule has 3 aromatic rings. The van der Waals surface area contributed by atoms with Gasteiger partial charge in [0.1, 0.15) is 11.5 Å². The summed E-state index contributed by atoms with van der Waals surface area (Å²) in [6.45, 7) is 0. The first-order valence-electron chi connectivity index (χ1n) is 6.96. The molecule has 0 aliphatic carbocycles. The molecule has 0 aliphatic heterocycles. The fourth-order valence-electron chi connectivity index (χ4n) is 1.62. The molecule has 0 saturated heterocycles. The predicted octanol–water partition coefficient (Wildman–Crippen LogP) is 4.30. The van der Waals surface area contributed by atoms with E-state index in [9.17, 15) is 9.46 Å². The van der Waals surface area contributed by atoms with Crippen LogP contribution in [0.1, 0.15) is 0 Å². The molecular formula is C18H16O4P-. The molecule has 0 spiro atoms. The highest BCUT2D eigenvalue weighted by atomic mass is 31.2. The van der Waals surface area contributed by atoms with Gasteiger partial charge in [-0.3, -0.25) is 0 Å². The number of hydrogen-bond donors (Lipinski definition) is 0. The first-order valence-corrected chi connectivity index (χ1v) is 8.42. The van der Waals surface area contributed by atoms with Crippen LogP contribution in [0.2, 0.25) is 0 Å². The van der Waals surface area contributed by atoms with Crippen molar-refractivity contribution in [1.82, 2.24) is 0 Å². The van der Waals surface area contributed by atoms with Gasteiger partial charge in [0, 0.05) is 0 Å². The van der Waals surface area contributed by atoms with Crippen molar-refractivity contribution in [3.05, 3.63) is 97.1 Å². The fraction of sp³-hybridized carbons (Fsp3) is 0. The van der Waals surface area contributed by atoms with Gasteiger partial charge in [0.05, 0.1) is 0 Å². The van der Waals surface area contributed by atoms with E-state index in [0.717, 1.165) is 0 Å². The quantitative estimate of drug-likeness (QED) is 0.670. The van der Waals surface area contributed by atoms with Crippen LogP contribution in [0.5, 0.6) is 11.5 Å². The van der Waals surface area contributed by atoms with Crippen molar-refractivity contribution in [3.63, 3.8) is 0 Å². The first kappa shape index (κ1) is 16.8. The minimum absolute atomic E-state index is 0.224. The van der Waals surface area contributed by atoms with Crippen LogP contribution in [0.4, 0.5) is 0 Å². The van der Waals surface area contributed by atoms with Crippen LogP contribution in [0.3, 0.4) is 0 Å². The van der Waals surface area contributed by atoms with E-state index in [2.05, 4.69) is 0 Å². The largest absolute Gasteiger partial charge is 0.736 e. The van der Waals surface area contributed by atoms with Crippen molar-refractivity contribution in [2.45, 2.75) is 0 Å². The minimum atomic E-state index is -4.39. The van der Waals surface area contributed by atoms with Crippen LogP contribution < -0.4 is 13.9 Å². The summed E-state index contributed by atoms with van der Waals surface area (Å²) < 4.78 is 21.1. The Bertz CT molecular complexity index is 646. The van der Waals surface area contributed by atoms with E-state index >= 15 is 0 Å². The van der Waals surface area contributed by atoms with E-state index in [4.69, 9.17) is 9.05 Å². The first-order chi connectivity index (χ1) is 11.2. The van der Waals surface area contributed by atoms with Crippen molar-refractivity contribution in [2.24, 2.45) is 0 Å². The van der Waals surface area contributed by atoms with E-state index in [1.54, 1.807) is 60.7 Å². The van der Waals surface area contributed by atoms with Gasteiger partial charge in [-0.05, 0) is 24.3 Å². The van der Waals surface area contributed by atoms with Crippen LogP contribution in [-0.2, 0) is 4.57 Å². The zero-order valence-corrected chi connectivity index (χ0v) is 13.2. The summed E-state index contributed by atoms with van der Waals surface area (Å²) in [7, 11) is -4.39. The molecule has 23 heavy (non-hydrogen) atoms. The van der Waals surface area contributed by atoms with Crippen molar-refractivity contribution in [2.75, 3.05) is 0 Å². The topological polar surface area (TPSA) is 58.6 Å². The monoisotopic (exact) mass is 327 g/mol. The van der Waals surface area contributed by atoms with Crippen molar-refractivity contribution in [1.29, 1.82) is 0 Å². The highest BCUT2D eigenvalue weighted by Crippen LogP contribution is 2.40. The molecule has 5 heteroatoms. The Morgan fingerprint density at radius 3 is 1.13 bits per heavy atom. The standard InChI is InChI=1S/C12H11O4P.C6H6/c13-17(14,15-11-7-3-1-4-8-11)16-12-9-5-2-6-10-12;1-2-4-6-5-3-1/h1-10H,(H,13,14);1-6H/p-1. The van der Waals surface area contributed by atoms with Gasteiger partial charge in [-0.25, -0.2) is 4.57 Å². The molecule has 0 unspecified atom stereocenters. The molecule has 4 nitrogen and oxygen atoms in total. The summed E-state index contributed by atoms with van der Waals surface area (Å²) in [6, 6.07) is 28.4. The molecule has 0 fully saturated rings. The molecule has 0 atom stereocenters. The Hall–Kier alpha value is -2.55. The number of para-hydroxylation sites is 2. The summed E-state index contributed by atoms with van der Waals surface area (Å²) in [5.41, 5.74) is 0. The number of rotatable bonds is 4. The molecule has 0 aromatic heterocycles. The zero-order chi connectivity index (χ0) is 16.4. The average Bonchev–Trinajstić information content (AvgIpc) is 2.58. The third-order valence-corrected chi connectivity index (χ3v) is 3.46. The van der Waals surface area contributed by atoms with Gasteiger partial charge in [0.15, 0.2) is 0 Å². The Kier molecular flexibility index (Phi) is 6.42. The summed E-state index contributed by atoms with van der Waals surface area (Å²) in [5, 5.41) is 0. The Morgan fingerprint density at radius 1 is 0.565 bits per heavy atom. The highest BCUT2D eigenvalue weighted by molar-refractivity contribution is 7.46. The van der Waals surface area contributed by atoms with E-state index in [0.29, 0.717) is 0 Å². The molecular weight excluding hydrogens is 311 g/mol. The number of hydrogen-bond acceptors (Lipinski definition) is 4. The second-order valence-corrected chi connectivity index (χ2v) is 5.67. The lowest BCUT2D eigenvalue weighted by Gasteiger charge is -2.23. The molecule has 0 N–H and O–H groups in total. The lowest BCUT2D eigenvalue weighted by atomic mass is 10.3. The van der Waals surface area contributed by atoms with E-state index in [-0.39, 0.29) is 11.5 Å². The predicted molar refractivity (Wildman–Crippen MR) is 88.2 cm³/mol. The van der Waals surface area contributed by atoms with Crippen molar-refractivity contribution in [3.8, 4) is 11.5 Å². The molecule has 0 amide bonds. The van der Waals surface area contributed by atoms with Crippen LogP contribution in [0, 0.1) is 0 Å². The fourth-order valence-corrected chi connectivity index (χ4v) is 2.42. The van der Waals surface area contributed by atoms with Gasteiger partial charge in [-0.2, -0.15) is 0 Å². The number of phosphoric acid groups is 1. The lowest BCUT2D eigenvalue weighted by Crippen LogP contribution is -2.12. The second kappa shape index (κ2) is 8.79. The Morgan fingerprint density at radius 2 is 0.826 bits per heavy atom. The normalized spacial score (nSPS) is 10.1. The SMILES string of the molecule is O=P([O-])(Oc1ccccc1)Oc1ccccc1.c1ccccc1. The molecule has 118 valence electrons. The maximum absolute atomic E-state index is 11.6. The number of phosphoric ester groups is 1. The zero-order valence-electron chi connectivity index (χ0n) is 12.3. The van der Waals surface area contributed by atoms with Gasteiger partial charge in [0.2, 0.25) is 0 Å². The Labute approximate surface area is 135 Å². The molecule has 0 bridgehead atoms. The smallest absolute Gasteiger partial charge is 0.372 e. The minimum Gasteiger partial charge on any atom is -0.736 e. The molecule has 0 radical (unpaired) electrons. The van der Waals surface area contributed by atoms with Crippen LogP contribution in [0.25, 0.3) is 0 Å². The van der Waals surface area contributed by atoms with Gasteiger partial charge < -0.3 is 13.9 Å². The van der Waals surface area contributed by atoms with Crippen molar-refractivity contribution >= 4 is 7.82 Å². The van der Waals surface area contributed by atoms with Crippen LogP contribution >= 0.6 is 7.82 Å². The van der Waals surface area contributed by atoms with Crippen LogP contribution in [-0.4, -0.2) is 0 Å². The highest BCUT2D eigenvalue weighted by Gasteiger charge is 2.12. The van der Waals surface area contributed by atoms with Gasteiger partial charge in [-0.1, -0.05) is 72.8 Å². The van der Waals surface area contributed by atoms with Crippen LogP contribution in [0.15, 0.2) is 97.1 Å². The van der Waals surface area contributed by atoms with E-state index in [1.165, 1.54) is 0 Å². The Balaban J connectivity index is 0.000000268. The summed E-state index contributed by atoms with van der Waals surface area (Å²) in [5.74, 6) is 0.448. The molecule has 3 aromatic carbocycles. The van der Waals surface area contributed by atoms with Gasteiger partial charge in [0.25, 0.3) is 0 Å². The van der Waals surface area contributed by atoms with Gasteiger partial charge >= 0.3 is 7.82 Å². The lowest BCUT2D eigenvalue weighted by molar-refractivity contribution is -0.208.